The van der Waals surface area contributed by atoms with Gasteiger partial charge in [0.2, 0.25) is 0 Å². The average Bonchev–Trinajstić information content (AvgIpc) is 2.38. The lowest BCUT2D eigenvalue weighted by atomic mass is 10.0. The first-order valence-electron chi connectivity index (χ1n) is 5.76. The fourth-order valence-corrected chi connectivity index (χ4v) is 1.81. The predicted molar refractivity (Wildman–Crippen MR) is 65.2 cm³/mol. The highest BCUT2D eigenvalue weighted by Crippen LogP contribution is 2.14. The molecule has 0 saturated carbocycles. The molecule has 0 bridgehead atoms. The second kappa shape index (κ2) is 5.69. The summed E-state index contributed by atoms with van der Waals surface area (Å²) in [6, 6.07) is 9.56. The van der Waals surface area contributed by atoms with E-state index in [0.29, 0.717) is 0 Å². The fourth-order valence-electron chi connectivity index (χ4n) is 1.81. The van der Waals surface area contributed by atoms with Crippen LogP contribution in [0.25, 0.3) is 0 Å². The second-order valence-electron chi connectivity index (χ2n) is 4.20. The molecule has 0 amide bonds. The Morgan fingerprint density at radius 1 is 0.789 bits per heavy atom. The van der Waals surface area contributed by atoms with E-state index in [2.05, 4.69) is 0 Å². The molecule has 4 heteroatoms. The third-order valence-corrected chi connectivity index (χ3v) is 2.76. The van der Waals surface area contributed by atoms with Crippen LogP contribution in [0.1, 0.15) is 11.1 Å². The van der Waals surface area contributed by atoms with E-state index in [9.17, 15) is 18.0 Å². The molecule has 0 aliphatic carbocycles. The Bertz CT molecular complexity index is 608. The standard InChI is InChI=1S/C15H11F3O/c16-13-6-2-1-4-10(13)8-12(19)9-11-5-3-7-14(17)15(11)18/h1-7H,8-9H2. The van der Waals surface area contributed by atoms with Crippen LogP contribution in [0, 0.1) is 17.5 Å². The van der Waals surface area contributed by atoms with E-state index >= 15 is 0 Å². The molecule has 98 valence electrons. The van der Waals surface area contributed by atoms with Crippen LogP contribution in [0.3, 0.4) is 0 Å². The van der Waals surface area contributed by atoms with Crippen LogP contribution in [-0.4, -0.2) is 5.78 Å². The number of Topliss-reactive ketones (excluding diaryl/α,β-unsaturated/α-hetero) is 1. The third kappa shape index (κ3) is 3.22. The number of benzene rings is 2. The van der Waals surface area contributed by atoms with Gasteiger partial charge in [-0.3, -0.25) is 4.79 Å². The normalized spacial score (nSPS) is 10.5. The molecule has 0 radical (unpaired) electrons. The van der Waals surface area contributed by atoms with Crippen molar-refractivity contribution < 1.29 is 18.0 Å². The Morgan fingerprint density at radius 3 is 2.11 bits per heavy atom. The van der Waals surface area contributed by atoms with Crippen molar-refractivity contribution in [3.8, 4) is 0 Å². The van der Waals surface area contributed by atoms with Crippen molar-refractivity contribution in [3.63, 3.8) is 0 Å². The molecule has 0 spiro atoms. The van der Waals surface area contributed by atoms with Crippen molar-refractivity contribution in [2.24, 2.45) is 0 Å². The number of hydrogen-bond donors (Lipinski definition) is 0. The second-order valence-corrected chi connectivity index (χ2v) is 4.20. The first-order chi connectivity index (χ1) is 9.08. The lowest BCUT2D eigenvalue weighted by Crippen LogP contribution is -2.09. The van der Waals surface area contributed by atoms with Gasteiger partial charge in [0.25, 0.3) is 0 Å². The maximum absolute atomic E-state index is 13.4. The summed E-state index contributed by atoms with van der Waals surface area (Å²) in [6.45, 7) is 0. The van der Waals surface area contributed by atoms with Crippen LogP contribution in [0.4, 0.5) is 13.2 Å². The minimum Gasteiger partial charge on any atom is -0.299 e. The van der Waals surface area contributed by atoms with Gasteiger partial charge in [0.15, 0.2) is 11.6 Å². The number of rotatable bonds is 4. The van der Waals surface area contributed by atoms with E-state index in [1.165, 1.54) is 30.3 Å². The third-order valence-electron chi connectivity index (χ3n) is 2.76. The molecule has 2 rings (SSSR count). The van der Waals surface area contributed by atoms with Gasteiger partial charge in [-0.1, -0.05) is 30.3 Å². The lowest BCUT2D eigenvalue weighted by molar-refractivity contribution is -0.117. The van der Waals surface area contributed by atoms with Crippen LogP contribution in [0.2, 0.25) is 0 Å². The van der Waals surface area contributed by atoms with Gasteiger partial charge in [-0.15, -0.1) is 0 Å². The van der Waals surface area contributed by atoms with Gasteiger partial charge in [0.1, 0.15) is 11.6 Å². The Morgan fingerprint density at radius 2 is 1.37 bits per heavy atom. The average molecular weight is 264 g/mol. The van der Waals surface area contributed by atoms with Gasteiger partial charge < -0.3 is 0 Å². The number of ketones is 1. The van der Waals surface area contributed by atoms with Crippen molar-refractivity contribution in [2.45, 2.75) is 12.8 Å². The summed E-state index contributed by atoms with van der Waals surface area (Å²) in [5.41, 5.74) is 0.241. The summed E-state index contributed by atoms with van der Waals surface area (Å²) in [7, 11) is 0. The Balaban J connectivity index is 2.10. The summed E-state index contributed by atoms with van der Waals surface area (Å²) in [5.74, 6) is -2.86. The molecule has 0 fully saturated rings. The number of carbonyl (C=O) groups is 1. The van der Waals surface area contributed by atoms with Gasteiger partial charge in [-0.25, -0.2) is 13.2 Å². The molecule has 0 atom stereocenters. The first-order valence-corrected chi connectivity index (χ1v) is 5.76. The van der Waals surface area contributed by atoms with Gasteiger partial charge in [-0.05, 0) is 23.3 Å². The smallest absolute Gasteiger partial charge is 0.162 e. The largest absolute Gasteiger partial charge is 0.299 e. The summed E-state index contributed by atoms with van der Waals surface area (Å²) in [6.07, 6.45) is -0.388. The monoisotopic (exact) mass is 264 g/mol. The van der Waals surface area contributed by atoms with E-state index < -0.39 is 17.5 Å². The van der Waals surface area contributed by atoms with Crippen LogP contribution >= 0.6 is 0 Å². The minimum atomic E-state index is -1.02. The zero-order chi connectivity index (χ0) is 13.8. The molecule has 2 aromatic carbocycles. The molecule has 0 aliphatic heterocycles. The number of hydrogen-bond acceptors (Lipinski definition) is 1. The summed E-state index contributed by atoms with van der Waals surface area (Å²) in [5, 5.41) is 0. The molecule has 0 heterocycles. The van der Waals surface area contributed by atoms with Gasteiger partial charge in [0, 0.05) is 12.8 Å². The molecule has 0 unspecified atom stereocenters. The van der Waals surface area contributed by atoms with E-state index in [1.54, 1.807) is 6.07 Å². The zero-order valence-electron chi connectivity index (χ0n) is 10.00. The number of carbonyl (C=O) groups excluding carboxylic acids is 1. The summed E-state index contributed by atoms with van der Waals surface area (Å²) >= 11 is 0. The molecule has 0 saturated heterocycles. The highest BCUT2D eigenvalue weighted by Gasteiger charge is 2.13. The molecular weight excluding hydrogens is 253 g/mol. The van der Waals surface area contributed by atoms with Gasteiger partial charge >= 0.3 is 0 Å². The van der Waals surface area contributed by atoms with E-state index in [1.807, 2.05) is 0 Å². The van der Waals surface area contributed by atoms with Crippen molar-refractivity contribution in [1.82, 2.24) is 0 Å². The molecule has 1 nitrogen and oxygen atoms in total. The Hall–Kier alpha value is -2.10. The highest BCUT2D eigenvalue weighted by atomic mass is 19.2. The molecule has 2 aromatic rings. The van der Waals surface area contributed by atoms with Crippen molar-refractivity contribution in [2.75, 3.05) is 0 Å². The quantitative estimate of drug-likeness (QED) is 0.826. The van der Waals surface area contributed by atoms with Crippen LogP contribution in [-0.2, 0) is 17.6 Å². The SMILES string of the molecule is O=C(Cc1ccccc1F)Cc1cccc(F)c1F. The minimum absolute atomic E-state index is 0.0126. The van der Waals surface area contributed by atoms with Crippen molar-refractivity contribution in [1.29, 1.82) is 0 Å². The predicted octanol–water partition coefficient (Wildman–Crippen LogP) is 3.46. The van der Waals surface area contributed by atoms with Crippen molar-refractivity contribution in [3.05, 3.63) is 71.0 Å². The van der Waals surface area contributed by atoms with Crippen LogP contribution in [0.5, 0.6) is 0 Å². The van der Waals surface area contributed by atoms with E-state index in [4.69, 9.17) is 0 Å². The maximum atomic E-state index is 13.4. The van der Waals surface area contributed by atoms with Gasteiger partial charge in [-0.2, -0.15) is 0 Å². The van der Waals surface area contributed by atoms with E-state index in [-0.39, 0.29) is 29.8 Å². The maximum Gasteiger partial charge on any atom is 0.162 e. The van der Waals surface area contributed by atoms with Crippen LogP contribution in [0.15, 0.2) is 42.5 Å². The van der Waals surface area contributed by atoms with E-state index in [0.717, 1.165) is 6.07 Å². The molecule has 19 heavy (non-hydrogen) atoms. The summed E-state index contributed by atoms with van der Waals surface area (Å²) < 4.78 is 39.7. The molecular formula is C15H11F3O. The Kier molecular flexibility index (Phi) is 4.00. The molecule has 0 aliphatic rings. The lowest BCUT2D eigenvalue weighted by Gasteiger charge is -2.04. The fraction of sp³-hybridized carbons (Fsp3) is 0.133. The van der Waals surface area contributed by atoms with Gasteiger partial charge in [0.05, 0.1) is 0 Å². The number of halogens is 3. The summed E-state index contributed by atoms with van der Waals surface area (Å²) in [4.78, 5) is 11.7. The van der Waals surface area contributed by atoms with Crippen LogP contribution < -0.4 is 0 Å². The highest BCUT2D eigenvalue weighted by molar-refractivity contribution is 5.83. The topological polar surface area (TPSA) is 17.1 Å². The van der Waals surface area contributed by atoms with Crippen molar-refractivity contribution >= 4 is 5.78 Å². The first kappa shape index (κ1) is 13.3. The molecule has 0 N–H and O–H groups in total. The zero-order valence-corrected chi connectivity index (χ0v) is 10.00. The Labute approximate surface area is 108 Å². The molecule has 0 aromatic heterocycles.